The highest BCUT2D eigenvalue weighted by molar-refractivity contribution is 5.45. The summed E-state index contributed by atoms with van der Waals surface area (Å²) in [6, 6.07) is 4.11. The Bertz CT molecular complexity index is 431. The summed E-state index contributed by atoms with van der Waals surface area (Å²) in [7, 11) is 0. The minimum absolute atomic E-state index is 0.423. The van der Waals surface area contributed by atoms with Crippen molar-refractivity contribution in [3.63, 3.8) is 0 Å². The van der Waals surface area contributed by atoms with Crippen LogP contribution in [0.3, 0.4) is 0 Å². The number of hydrogen-bond acceptors (Lipinski definition) is 3. The number of rotatable bonds is 3. The number of aliphatic hydroxyl groups excluding tert-OH is 1. The minimum atomic E-state index is -0.423. The van der Waals surface area contributed by atoms with Crippen molar-refractivity contribution in [2.45, 2.75) is 51.6 Å². The van der Waals surface area contributed by atoms with Gasteiger partial charge in [-0.05, 0) is 43.2 Å². The first kappa shape index (κ1) is 13.9. The van der Waals surface area contributed by atoms with Gasteiger partial charge in [0.2, 0.25) is 0 Å². The molecule has 0 bridgehead atoms. The quantitative estimate of drug-likeness (QED) is 0.916. The molecule has 1 aromatic heterocycles. The first-order valence-corrected chi connectivity index (χ1v) is 8.17. The number of fused-ring (bicyclic) bond motifs is 1. The van der Waals surface area contributed by atoms with Gasteiger partial charge in [0, 0.05) is 13.1 Å². The number of aliphatic hydroxyl groups is 1. The van der Waals surface area contributed by atoms with Crippen molar-refractivity contribution in [3.05, 3.63) is 24.0 Å². The summed E-state index contributed by atoms with van der Waals surface area (Å²) in [5.41, 5.74) is 2.02. The van der Waals surface area contributed by atoms with Gasteiger partial charge in [-0.1, -0.05) is 26.2 Å². The summed E-state index contributed by atoms with van der Waals surface area (Å²) >= 11 is 0. The molecule has 1 saturated heterocycles. The predicted octanol–water partition coefficient (Wildman–Crippen LogP) is 3.54. The third kappa shape index (κ3) is 2.83. The zero-order valence-corrected chi connectivity index (χ0v) is 12.5. The monoisotopic (exact) mass is 274 g/mol. The van der Waals surface area contributed by atoms with E-state index < -0.39 is 6.10 Å². The van der Waals surface area contributed by atoms with Gasteiger partial charge in [-0.3, -0.25) is 4.98 Å². The van der Waals surface area contributed by atoms with E-state index in [4.69, 9.17) is 0 Å². The van der Waals surface area contributed by atoms with E-state index in [0.717, 1.165) is 24.0 Å². The summed E-state index contributed by atoms with van der Waals surface area (Å²) in [6.45, 7) is 4.34. The van der Waals surface area contributed by atoms with Crippen LogP contribution in [0.15, 0.2) is 18.3 Å². The summed E-state index contributed by atoms with van der Waals surface area (Å²) in [6.07, 6.45) is 9.27. The van der Waals surface area contributed by atoms with Crippen LogP contribution in [-0.4, -0.2) is 23.2 Å². The van der Waals surface area contributed by atoms with Crippen LogP contribution in [0, 0.1) is 11.8 Å². The van der Waals surface area contributed by atoms with Crippen LogP contribution in [0.2, 0.25) is 0 Å². The van der Waals surface area contributed by atoms with Crippen LogP contribution in [-0.2, 0) is 0 Å². The molecule has 2 fully saturated rings. The zero-order chi connectivity index (χ0) is 13.9. The molecule has 0 radical (unpaired) electrons. The van der Waals surface area contributed by atoms with Gasteiger partial charge in [0.05, 0.1) is 23.7 Å². The van der Waals surface area contributed by atoms with Gasteiger partial charge >= 0.3 is 0 Å². The molecular formula is C17H26N2O. The first-order valence-electron chi connectivity index (χ1n) is 8.17. The molecule has 2 heterocycles. The van der Waals surface area contributed by atoms with E-state index >= 15 is 0 Å². The second-order valence-electron chi connectivity index (χ2n) is 6.40. The molecule has 3 nitrogen and oxygen atoms in total. The molecule has 0 aromatic carbocycles. The minimum Gasteiger partial charge on any atom is -0.387 e. The molecule has 0 spiro atoms. The van der Waals surface area contributed by atoms with E-state index in [0.29, 0.717) is 0 Å². The van der Waals surface area contributed by atoms with Crippen molar-refractivity contribution in [2.75, 3.05) is 18.0 Å². The number of hydrogen-bond donors (Lipinski definition) is 1. The van der Waals surface area contributed by atoms with Crippen LogP contribution in [0.5, 0.6) is 0 Å². The van der Waals surface area contributed by atoms with Gasteiger partial charge in [0.1, 0.15) is 0 Å². The van der Waals surface area contributed by atoms with Crippen molar-refractivity contribution in [1.29, 1.82) is 0 Å². The zero-order valence-electron chi connectivity index (χ0n) is 12.5. The van der Waals surface area contributed by atoms with E-state index in [9.17, 15) is 5.11 Å². The Morgan fingerprint density at radius 1 is 1.25 bits per heavy atom. The number of nitrogens with zero attached hydrogens (tertiary/aromatic N) is 2. The second kappa shape index (κ2) is 6.13. The Morgan fingerprint density at radius 2 is 2.05 bits per heavy atom. The van der Waals surface area contributed by atoms with E-state index in [1.807, 2.05) is 19.2 Å². The molecule has 1 N–H and O–H groups in total. The number of piperidine rings is 1. The first-order chi connectivity index (χ1) is 9.78. The fraction of sp³-hybridized carbons (Fsp3) is 0.706. The van der Waals surface area contributed by atoms with Crippen molar-refractivity contribution < 1.29 is 5.11 Å². The van der Waals surface area contributed by atoms with Gasteiger partial charge in [0.15, 0.2) is 0 Å². The molecule has 1 aliphatic carbocycles. The normalized spacial score (nSPS) is 28.0. The van der Waals surface area contributed by atoms with Crippen molar-refractivity contribution in [3.8, 4) is 0 Å². The van der Waals surface area contributed by atoms with Crippen LogP contribution < -0.4 is 4.90 Å². The molecule has 2 unspecified atom stereocenters. The number of anilines is 1. The lowest BCUT2D eigenvalue weighted by atomic mass is 9.75. The summed E-state index contributed by atoms with van der Waals surface area (Å²) in [5.74, 6) is 1.85. The fourth-order valence-electron chi connectivity index (χ4n) is 3.83. The Morgan fingerprint density at radius 3 is 2.75 bits per heavy atom. The van der Waals surface area contributed by atoms with E-state index in [-0.39, 0.29) is 0 Å². The van der Waals surface area contributed by atoms with Gasteiger partial charge in [-0.2, -0.15) is 0 Å². The van der Waals surface area contributed by atoms with Gasteiger partial charge in [-0.25, -0.2) is 0 Å². The van der Waals surface area contributed by atoms with Crippen LogP contribution in [0.1, 0.15) is 57.2 Å². The lowest BCUT2D eigenvalue weighted by molar-refractivity contribution is 0.169. The topological polar surface area (TPSA) is 36.4 Å². The molecular weight excluding hydrogens is 248 g/mol. The van der Waals surface area contributed by atoms with Gasteiger partial charge in [-0.15, -0.1) is 0 Å². The molecule has 3 rings (SSSR count). The highest BCUT2D eigenvalue weighted by atomic mass is 16.3. The second-order valence-corrected chi connectivity index (χ2v) is 6.40. The van der Waals surface area contributed by atoms with Gasteiger partial charge in [0.25, 0.3) is 0 Å². The van der Waals surface area contributed by atoms with Crippen molar-refractivity contribution in [1.82, 2.24) is 4.98 Å². The molecule has 2 aliphatic rings. The molecule has 1 aliphatic heterocycles. The maximum Gasteiger partial charge on any atom is 0.0957 e. The van der Waals surface area contributed by atoms with E-state index in [1.54, 1.807) is 0 Å². The molecule has 110 valence electrons. The maximum absolute atomic E-state index is 9.81. The molecule has 3 atom stereocenters. The lowest BCUT2D eigenvalue weighted by Crippen LogP contribution is -2.41. The molecule has 0 amide bonds. The van der Waals surface area contributed by atoms with E-state index in [2.05, 4.69) is 16.0 Å². The summed E-state index contributed by atoms with van der Waals surface area (Å²) in [5, 5.41) is 9.81. The Hall–Kier alpha value is -1.09. The highest BCUT2D eigenvalue weighted by Crippen LogP contribution is 2.37. The third-order valence-corrected chi connectivity index (χ3v) is 5.16. The molecule has 3 heteroatoms. The molecule has 1 saturated carbocycles. The summed E-state index contributed by atoms with van der Waals surface area (Å²) < 4.78 is 0. The maximum atomic E-state index is 9.81. The Balaban J connectivity index is 1.67. The van der Waals surface area contributed by atoms with Crippen LogP contribution >= 0.6 is 0 Å². The Labute approximate surface area is 122 Å². The standard InChI is InChI=1S/C17H26N2O/c1-2-17(20)16-8-7-15(11-18-16)19-10-9-13-5-3-4-6-14(13)12-19/h7-8,11,13-14,17,20H,2-6,9-10,12H2,1H3/t13?,14?,17-/m0/s1. The Kier molecular flexibility index (Phi) is 4.25. The smallest absolute Gasteiger partial charge is 0.0957 e. The van der Waals surface area contributed by atoms with E-state index in [1.165, 1.54) is 50.9 Å². The van der Waals surface area contributed by atoms with Crippen molar-refractivity contribution in [2.24, 2.45) is 11.8 Å². The average molecular weight is 274 g/mol. The largest absolute Gasteiger partial charge is 0.387 e. The predicted molar refractivity (Wildman–Crippen MR) is 81.8 cm³/mol. The molecule has 20 heavy (non-hydrogen) atoms. The third-order valence-electron chi connectivity index (χ3n) is 5.16. The van der Waals surface area contributed by atoms with Crippen LogP contribution in [0.4, 0.5) is 5.69 Å². The summed E-state index contributed by atoms with van der Waals surface area (Å²) in [4.78, 5) is 6.92. The highest BCUT2D eigenvalue weighted by Gasteiger charge is 2.31. The van der Waals surface area contributed by atoms with Gasteiger partial charge < -0.3 is 10.0 Å². The van der Waals surface area contributed by atoms with Crippen LogP contribution in [0.25, 0.3) is 0 Å². The average Bonchev–Trinajstić information content (AvgIpc) is 2.54. The fourth-order valence-corrected chi connectivity index (χ4v) is 3.83. The SMILES string of the molecule is CC[C@H](O)c1ccc(N2CCC3CCCCC3C2)cn1. The number of aromatic nitrogens is 1. The number of pyridine rings is 1. The van der Waals surface area contributed by atoms with Crippen molar-refractivity contribution >= 4 is 5.69 Å². The lowest BCUT2D eigenvalue weighted by Gasteiger charge is -2.42. The molecule has 1 aromatic rings.